The second kappa shape index (κ2) is 21.3. The summed E-state index contributed by atoms with van der Waals surface area (Å²) in [7, 11) is 3.50. The molecular weight excluding hydrogens is 494 g/mol. The van der Waals surface area contributed by atoms with Crippen LogP contribution in [0.4, 0.5) is 0 Å². The summed E-state index contributed by atoms with van der Waals surface area (Å²) < 4.78 is 11.7. The van der Waals surface area contributed by atoms with E-state index in [4.69, 9.17) is 14.6 Å². The Morgan fingerprint density at radius 3 is 2.44 bits per heavy atom. The topological polar surface area (TPSA) is 96.3 Å². The van der Waals surface area contributed by atoms with Crippen LogP contribution in [-0.4, -0.2) is 53.8 Å². The van der Waals surface area contributed by atoms with Crippen LogP contribution in [0.25, 0.3) is 0 Å². The van der Waals surface area contributed by atoms with Gasteiger partial charge in [0.2, 0.25) is 5.91 Å². The van der Waals surface area contributed by atoms with Crippen molar-refractivity contribution < 1.29 is 29.3 Å². The molecule has 0 saturated heterocycles. The molecule has 1 rings (SSSR count). The summed E-state index contributed by atoms with van der Waals surface area (Å²) in [6.45, 7) is 4.84. The maximum Gasteiger partial charge on any atom is 0.303 e. The summed E-state index contributed by atoms with van der Waals surface area (Å²) >= 11 is 0. The molecule has 0 aromatic heterocycles. The van der Waals surface area contributed by atoms with Gasteiger partial charge in [0.05, 0.1) is 19.0 Å². The highest BCUT2D eigenvalue weighted by Gasteiger charge is 2.13. The first-order valence-electron chi connectivity index (χ1n) is 14.9. The smallest absolute Gasteiger partial charge is 0.303 e. The van der Waals surface area contributed by atoms with E-state index in [1.165, 1.54) is 32.1 Å². The molecule has 0 spiro atoms. The van der Waals surface area contributed by atoms with Gasteiger partial charge in [0, 0.05) is 26.9 Å². The zero-order valence-electron chi connectivity index (χ0n) is 24.8. The lowest BCUT2D eigenvalue weighted by Crippen LogP contribution is -2.21. The van der Waals surface area contributed by atoms with Crippen LogP contribution in [0.15, 0.2) is 30.5 Å². The van der Waals surface area contributed by atoms with Gasteiger partial charge in [-0.3, -0.25) is 9.59 Å². The molecule has 2 atom stereocenters. The number of nitrogens with zero attached hydrogens (tertiary/aromatic N) is 1. The Morgan fingerprint density at radius 1 is 0.974 bits per heavy atom. The minimum Gasteiger partial charge on any atom is -0.494 e. The van der Waals surface area contributed by atoms with Crippen LogP contribution in [0.3, 0.4) is 0 Å². The van der Waals surface area contributed by atoms with Crippen LogP contribution in [0.1, 0.15) is 109 Å². The average Bonchev–Trinajstić information content (AvgIpc) is 2.91. The zero-order valence-corrected chi connectivity index (χ0v) is 24.8. The highest BCUT2D eigenvalue weighted by molar-refractivity contribution is 5.75. The molecule has 7 nitrogen and oxygen atoms in total. The van der Waals surface area contributed by atoms with E-state index in [0.29, 0.717) is 36.9 Å². The summed E-state index contributed by atoms with van der Waals surface area (Å²) in [5, 5.41) is 19.6. The number of unbranched alkanes of at least 4 members (excludes halogenated alkanes) is 7. The summed E-state index contributed by atoms with van der Waals surface area (Å²) in [5.74, 6) is 0.828. The highest BCUT2D eigenvalue weighted by atomic mass is 16.5. The molecule has 0 bridgehead atoms. The average molecular weight is 548 g/mol. The van der Waals surface area contributed by atoms with Crippen molar-refractivity contribution in [2.75, 3.05) is 20.7 Å². The monoisotopic (exact) mass is 547 g/mol. The number of aliphatic hydroxyl groups excluding tert-OH is 1. The first-order valence-corrected chi connectivity index (χ1v) is 14.9. The lowest BCUT2D eigenvalue weighted by molar-refractivity contribution is -0.137. The molecule has 0 heterocycles. The summed E-state index contributed by atoms with van der Waals surface area (Å²) in [6, 6.07) is 5.47. The Hall–Kier alpha value is -2.54. The van der Waals surface area contributed by atoms with Crippen LogP contribution < -0.4 is 9.47 Å². The number of carboxylic acid groups (broad SMARTS) is 1. The molecule has 1 amide bonds. The number of carbonyl (C=O) groups excluding carboxylic acids is 1. The predicted molar refractivity (Wildman–Crippen MR) is 157 cm³/mol. The van der Waals surface area contributed by atoms with E-state index in [1.54, 1.807) is 25.3 Å². The third-order valence-corrected chi connectivity index (χ3v) is 7.02. The molecular formula is C32H53NO6. The molecule has 0 aliphatic carbocycles. The Morgan fingerprint density at radius 2 is 1.72 bits per heavy atom. The molecule has 0 fully saturated rings. The number of aryl methyl sites for hydroxylation is 1. The molecule has 1 aromatic rings. The summed E-state index contributed by atoms with van der Waals surface area (Å²) in [4.78, 5) is 24.4. The van der Waals surface area contributed by atoms with Crippen molar-refractivity contribution in [3.63, 3.8) is 0 Å². The Balaban J connectivity index is 2.43. The first kappa shape index (κ1) is 34.5. The van der Waals surface area contributed by atoms with Crippen LogP contribution in [0.5, 0.6) is 11.5 Å². The highest BCUT2D eigenvalue weighted by Crippen LogP contribution is 2.26. The second-order valence-corrected chi connectivity index (χ2v) is 10.8. The van der Waals surface area contributed by atoms with Gasteiger partial charge in [0.15, 0.2) is 0 Å². The van der Waals surface area contributed by atoms with Gasteiger partial charge in [0.1, 0.15) is 11.5 Å². The Kier molecular flexibility index (Phi) is 18.8. The van der Waals surface area contributed by atoms with Crippen molar-refractivity contribution >= 4 is 11.9 Å². The fraction of sp³-hybridized carbons (Fsp3) is 0.688. The van der Waals surface area contributed by atoms with Gasteiger partial charge >= 0.3 is 5.97 Å². The van der Waals surface area contributed by atoms with Crippen molar-refractivity contribution in [3.8, 4) is 11.5 Å². The van der Waals surface area contributed by atoms with E-state index in [1.807, 2.05) is 24.3 Å². The van der Waals surface area contributed by atoms with Gasteiger partial charge in [-0.05, 0) is 80.7 Å². The van der Waals surface area contributed by atoms with E-state index in [2.05, 4.69) is 13.8 Å². The number of benzene rings is 1. The molecule has 39 heavy (non-hydrogen) atoms. The predicted octanol–water partition coefficient (Wildman–Crippen LogP) is 7.15. The Bertz CT molecular complexity index is 838. The molecule has 0 saturated carbocycles. The number of hydrogen-bond donors (Lipinski definition) is 2. The number of carboxylic acids is 1. The summed E-state index contributed by atoms with van der Waals surface area (Å²) in [6.07, 6.45) is 17.0. The SMILES string of the molecule is CCCCCCCCC(O)C(C)CCC/C=C/Oc1ccc(OCCCCC(=O)N(C)C)cc1CCC(=O)O. The number of rotatable bonds is 23. The standard InChI is InChI=1S/C32H53NO6/c1-5-6-7-8-9-12-17-29(34)26(2)16-11-10-14-24-39-30-21-20-28(25-27(30)19-22-32(36)37)38-23-15-13-18-31(35)33(3)4/h14,20-21,24-26,29,34H,5-13,15-19,22-23H2,1-4H3,(H,36,37)/b24-14+. The van der Waals surface area contributed by atoms with Gasteiger partial charge in [-0.25, -0.2) is 0 Å². The van der Waals surface area contributed by atoms with Crippen molar-refractivity contribution in [1.82, 2.24) is 4.90 Å². The van der Waals surface area contributed by atoms with E-state index >= 15 is 0 Å². The van der Waals surface area contributed by atoms with Crippen molar-refractivity contribution in [2.45, 2.75) is 116 Å². The number of amides is 1. The van der Waals surface area contributed by atoms with Crippen molar-refractivity contribution in [1.29, 1.82) is 0 Å². The second-order valence-electron chi connectivity index (χ2n) is 10.8. The largest absolute Gasteiger partial charge is 0.494 e. The lowest BCUT2D eigenvalue weighted by atomic mass is 9.94. The lowest BCUT2D eigenvalue weighted by Gasteiger charge is -2.18. The van der Waals surface area contributed by atoms with Crippen LogP contribution in [0.2, 0.25) is 0 Å². The van der Waals surface area contributed by atoms with Crippen LogP contribution in [0, 0.1) is 5.92 Å². The quantitative estimate of drug-likeness (QED) is 0.112. The fourth-order valence-electron chi connectivity index (χ4n) is 4.35. The van der Waals surface area contributed by atoms with Crippen LogP contribution >= 0.6 is 0 Å². The van der Waals surface area contributed by atoms with Crippen LogP contribution in [-0.2, 0) is 16.0 Å². The summed E-state index contributed by atoms with van der Waals surface area (Å²) in [5.41, 5.74) is 0.786. The maximum atomic E-state index is 11.7. The molecule has 2 unspecified atom stereocenters. The third kappa shape index (κ3) is 16.9. The van der Waals surface area contributed by atoms with Gasteiger partial charge in [-0.1, -0.05) is 52.4 Å². The molecule has 7 heteroatoms. The van der Waals surface area contributed by atoms with Crippen molar-refractivity contribution in [3.05, 3.63) is 36.1 Å². The van der Waals surface area contributed by atoms with E-state index in [9.17, 15) is 14.7 Å². The van der Waals surface area contributed by atoms with E-state index in [0.717, 1.165) is 50.5 Å². The molecule has 0 aliphatic rings. The number of carbonyl (C=O) groups is 2. The van der Waals surface area contributed by atoms with Gasteiger partial charge in [0.25, 0.3) is 0 Å². The van der Waals surface area contributed by atoms with Gasteiger partial charge < -0.3 is 24.6 Å². The minimum absolute atomic E-state index is 0.00906. The normalized spacial score (nSPS) is 12.8. The molecule has 1 aromatic carbocycles. The number of aliphatic hydroxyl groups is 1. The zero-order chi connectivity index (χ0) is 28.9. The van der Waals surface area contributed by atoms with Gasteiger partial charge in [-0.2, -0.15) is 0 Å². The third-order valence-electron chi connectivity index (χ3n) is 7.02. The number of aliphatic carboxylic acids is 1. The molecule has 2 N–H and O–H groups in total. The number of hydrogen-bond acceptors (Lipinski definition) is 5. The maximum absolute atomic E-state index is 11.7. The van der Waals surface area contributed by atoms with E-state index in [-0.39, 0.29) is 18.4 Å². The molecule has 0 radical (unpaired) electrons. The number of allylic oxidation sites excluding steroid dienone is 1. The molecule has 0 aliphatic heterocycles. The van der Waals surface area contributed by atoms with E-state index < -0.39 is 5.97 Å². The first-order chi connectivity index (χ1) is 18.7. The molecule has 222 valence electrons. The minimum atomic E-state index is -0.860. The fourth-order valence-corrected chi connectivity index (χ4v) is 4.35. The number of ether oxygens (including phenoxy) is 2. The van der Waals surface area contributed by atoms with Gasteiger partial charge in [-0.15, -0.1) is 0 Å². The Labute approximate surface area is 236 Å². The van der Waals surface area contributed by atoms with Crippen molar-refractivity contribution in [2.24, 2.45) is 5.92 Å².